The van der Waals surface area contributed by atoms with Gasteiger partial charge >= 0.3 is 0 Å². The topological polar surface area (TPSA) is 53.2 Å². The average molecular weight is 287 g/mol. The summed E-state index contributed by atoms with van der Waals surface area (Å²) in [7, 11) is 0. The van der Waals surface area contributed by atoms with Gasteiger partial charge < -0.3 is 5.32 Å². The maximum absolute atomic E-state index is 12.0. The third-order valence-corrected chi connectivity index (χ3v) is 2.94. The molecule has 4 nitrogen and oxygen atoms in total. The fourth-order valence-electron chi connectivity index (χ4n) is 1.81. The summed E-state index contributed by atoms with van der Waals surface area (Å²) in [6.07, 6.45) is 0. The van der Waals surface area contributed by atoms with Gasteiger partial charge in [0, 0.05) is 11.6 Å². The van der Waals surface area contributed by atoms with E-state index in [2.05, 4.69) is 16.2 Å². The van der Waals surface area contributed by atoms with E-state index in [-0.39, 0.29) is 11.9 Å². The molecule has 0 aromatic heterocycles. The van der Waals surface area contributed by atoms with Crippen LogP contribution in [0, 0.1) is 0 Å². The Balaban J connectivity index is 2.02. The number of hydrazine groups is 1. The van der Waals surface area contributed by atoms with Crippen molar-refractivity contribution in [3.63, 3.8) is 0 Å². The van der Waals surface area contributed by atoms with Crippen LogP contribution < -0.4 is 16.2 Å². The number of amides is 1. The molecule has 2 rings (SSSR count). The molecule has 2 aromatic rings. The Bertz CT molecular complexity index is 640. The van der Waals surface area contributed by atoms with Gasteiger partial charge in [-0.1, -0.05) is 30.3 Å². The van der Waals surface area contributed by atoms with E-state index in [1.165, 1.54) is 0 Å². The molecule has 5 heteroatoms. The van der Waals surface area contributed by atoms with Crippen molar-refractivity contribution in [1.82, 2.24) is 16.2 Å². The van der Waals surface area contributed by atoms with Crippen molar-refractivity contribution in [3.05, 3.63) is 48.0 Å². The molecule has 0 fully saturated rings. The van der Waals surface area contributed by atoms with Gasteiger partial charge in [-0.15, -0.1) is 0 Å². The molecule has 0 saturated carbocycles. The molecule has 0 aliphatic heterocycles. The highest BCUT2D eigenvalue weighted by molar-refractivity contribution is 7.80. The molecule has 0 unspecified atom stereocenters. The van der Waals surface area contributed by atoms with E-state index >= 15 is 0 Å². The molecule has 0 bridgehead atoms. The quantitative estimate of drug-likeness (QED) is 0.586. The summed E-state index contributed by atoms with van der Waals surface area (Å²) in [5.74, 6) is -0.219. The highest BCUT2D eigenvalue weighted by Crippen LogP contribution is 2.15. The van der Waals surface area contributed by atoms with Gasteiger partial charge in [-0.2, -0.15) is 0 Å². The number of hydrogen-bond acceptors (Lipinski definition) is 2. The predicted molar refractivity (Wildman–Crippen MR) is 85.4 cm³/mol. The summed E-state index contributed by atoms with van der Waals surface area (Å²) in [6.45, 7) is 3.94. The zero-order valence-corrected chi connectivity index (χ0v) is 12.3. The summed E-state index contributed by atoms with van der Waals surface area (Å²) in [6, 6.07) is 13.7. The second-order valence-corrected chi connectivity index (χ2v) is 5.18. The Kier molecular flexibility index (Phi) is 4.53. The number of carbonyl (C=O) groups is 1. The molecular formula is C15H17N3OS. The number of nitrogens with one attached hydrogen (secondary N) is 3. The maximum Gasteiger partial charge on any atom is 0.269 e. The van der Waals surface area contributed by atoms with Gasteiger partial charge in [0.05, 0.1) is 0 Å². The summed E-state index contributed by atoms with van der Waals surface area (Å²) in [5, 5.41) is 5.52. The van der Waals surface area contributed by atoms with Crippen LogP contribution in [-0.2, 0) is 0 Å². The van der Waals surface area contributed by atoms with Crippen LogP contribution in [-0.4, -0.2) is 17.1 Å². The zero-order chi connectivity index (χ0) is 14.5. The Morgan fingerprint density at radius 1 is 1.05 bits per heavy atom. The minimum Gasteiger partial charge on any atom is -0.359 e. The number of benzene rings is 2. The molecule has 0 aliphatic carbocycles. The van der Waals surface area contributed by atoms with E-state index < -0.39 is 0 Å². The minimum atomic E-state index is -0.219. The Morgan fingerprint density at radius 3 is 2.45 bits per heavy atom. The van der Waals surface area contributed by atoms with Crippen LogP contribution in [0.15, 0.2) is 42.5 Å². The summed E-state index contributed by atoms with van der Waals surface area (Å²) in [5.41, 5.74) is 5.84. The second-order valence-electron chi connectivity index (χ2n) is 4.77. The molecule has 0 radical (unpaired) electrons. The van der Waals surface area contributed by atoms with Gasteiger partial charge in [0.2, 0.25) is 0 Å². The van der Waals surface area contributed by atoms with E-state index in [0.29, 0.717) is 10.7 Å². The minimum absolute atomic E-state index is 0.215. The Labute approximate surface area is 123 Å². The highest BCUT2D eigenvalue weighted by atomic mass is 32.1. The first-order chi connectivity index (χ1) is 9.56. The van der Waals surface area contributed by atoms with Gasteiger partial charge in [-0.3, -0.25) is 15.6 Å². The molecule has 20 heavy (non-hydrogen) atoms. The van der Waals surface area contributed by atoms with E-state index in [0.717, 1.165) is 10.8 Å². The lowest BCUT2D eigenvalue weighted by Gasteiger charge is -2.13. The van der Waals surface area contributed by atoms with Gasteiger partial charge in [0.25, 0.3) is 5.91 Å². The number of fused-ring (bicyclic) bond motifs is 1. The summed E-state index contributed by atoms with van der Waals surface area (Å²) >= 11 is 5.04. The van der Waals surface area contributed by atoms with E-state index in [9.17, 15) is 4.79 Å². The normalized spacial score (nSPS) is 10.3. The van der Waals surface area contributed by atoms with Crippen LogP contribution in [0.3, 0.4) is 0 Å². The van der Waals surface area contributed by atoms with Crippen molar-refractivity contribution in [2.75, 3.05) is 0 Å². The maximum atomic E-state index is 12.0. The molecule has 2 aromatic carbocycles. The molecule has 0 heterocycles. The van der Waals surface area contributed by atoms with E-state index in [1.54, 1.807) is 6.07 Å². The van der Waals surface area contributed by atoms with Crippen molar-refractivity contribution < 1.29 is 4.79 Å². The third kappa shape index (κ3) is 3.68. The van der Waals surface area contributed by atoms with Crippen LogP contribution in [0.5, 0.6) is 0 Å². The van der Waals surface area contributed by atoms with Gasteiger partial charge in [-0.25, -0.2) is 0 Å². The van der Waals surface area contributed by atoms with Crippen molar-refractivity contribution >= 4 is 34.0 Å². The number of carbonyl (C=O) groups excluding carboxylic acids is 1. The van der Waals surface area contributed by atoms with Crippen LogP contribution in [0.1, 0.15) is 24.2 Å². The number of rotatable bonds is 2. The zero-order valence-electron chi connectivity index (χ0n) is 11.4. The standard InChI is InChI=1S/C15H17N3OS/c1-10(2)16-15(20)18-17-14(19)13-8-7-11-5-3-4-6-12(11)9-13/h3-10H,1-2H3,(H,17,19)(H2,16,18,20). The SMILES string of the molecule is CC(C)NC(=S)NNC(=O)c1ccc2ccccc2c1. The molecule has 1 amide bonds. The number of hydrogen-bond donors (Lipinski definition) is 3. The predicted octanol–water partition coefficient (Wildman–Crippen LogP) is 2.36. The Morgan fingerprint density at radius 2 is 1.75 bits per heavy atom. The first-order valence-electron chi connectivity index (χ1n) is 6.42. The van der Waals surface area contributed by atoms with Gasteiger partial charge in [0.1, 0.15) is 0 Å². The van der Waals surface area contributed by atoms with Crippen LogP contribution in [0.2, 0.25) is 0 Å². The fraction of sp³-hybridized carbons (Fsp3) is 0.200. The summed E-state index contributed by atoms with van der Waals surface area (Å²) in [4.78, 5) is 12.0. The molecule has 0 atom stereocenters. The molecule has 0 spiro atoms. The Hall–Kier alpha value is -2.14. The highest BCUT2D eigenvalue weighted by Gasteiger charge is 2.06. The lowest BCUT2D eigenvalue weighted by Crippen LogP contribution is -2.48. The van der Waals surface area contributed by atoms with E-state index in [1.807, 2.05) is 50.2 Å². The molecule has 0 aliphatic rings. The first-order valence-corrected chi connectivity index (χ1v) is 6.83. The van der Waals surface area contributed by atoms with Crippen molar-refractivity contribution in [2.24, 2.45) is 0 Å². The number of thiocarbonyl (C=S) groups is 1. The fourth-order valence-corrected chi connectivity index (χ4v) is 2.10. The lowest BCUT2D eigenvalue weighted by atomic mass is 10.1. The molecule has 3 N–H and O–H groups in total. The van der Waals surface area contributed by atoms with Gasteiger partial charge in [0.15, 0.2) is 5.11 Å². The average Bonchev–Trinajstić information content (AvgIpc) is 2.43. The van der Waals surface area contributed by atoms with Crippen molar-refractivity contribution in [2.45, 2.75) is 19.9 Å². The van der Waals surface area contributed by atoms with Crippen molar-refractivity contribution in [3.8, 4) is 0 Å². The van der Waals surface area contributed by atoms with Crippen LogP contribution >= 0.6 is 12.2 Å². The molecule has 0 saturated heterocycles. The van der Waals surface area contributed by atoms with Gasteiger partial charge in [-0.05, 0) is 49.0 Å². The van der Waals surface area contributed by atoms with Crippen molar-refractivity contribution in [1.29, 1.82) is 0 Å². The van der Waals surface area contributed by atoms with E-state index in [4.69, 9.17) is 12.2 Å². The smallest absolute Gasteiger partial charge is 0.269 e. The third-order valence-electron chi connectivity index (χ3n) is 2.72. The van der Waals surface area contributed by atoms with Crippen LogP contribution in [0.4, 0.5) is 0 Å². The van der Waals surface area contributed by atoms with Crippen LogP contribution in [0.25, 0.3) is 10.8 Å². The molecular weight excluding hydrogens is 270 g/mol. The molecule has 104 valence electrons. The first kappa shape index (κ1) is 14.3. The lowest BCUT2D eigenvalue weighted by molar-refractivity contribution is 0.0943. The second kappa shape index (κ2) is 6.34. The largest absolute Gasteiger partial charge is 0.359 e. The summed E-state index contributed by atoms with van der Waals surface area (Å²) < 4.78 is 0. The monoisotopic (exact) mass is 287 g/mol.